The summed E-state index contributed by atoms with van der Waals surface area (Å²) >= 11 is 0. The molecule has 2 aliphatic heterocycles. The summed E-state index contributed by atoms with van der Waals surface area (Å²) < 4.78 is 19.7. The molecule has 0 radical (unpaired) electrons. The number of piperazine rings is 1. The Hall–Kier alpha value is -3.01. The molecule has 0 bridgehead atoms. The van der Waals surface area contributed by atoms with E-state index in [9.17, 15) is 14.0 Å². The van der Waals surface area contributed by atoms with E-state index in [0.717, 1.165) is 25.1 Å². The molecule has 2 saturated heterocycles. The number of aromatic nitrogens is 3. The Morgan fingerprint density at radius 2 is 1.80 bits per heavy atom. The highest BCUT2D eigenvalue weighted by atomic mass is 19.1. The summed E-state index contributed by atoms with van der Waals surface area (Å²) in [7, 11) is 1.32. The van der Waals surface area contributed by atoms with Gasteiger partial charge >= 0.3 is 5.97 Å². The number of nitrogens with zero attached hydrogens (tertiary/aromatic N) is 6. The topological polar surface area (TPSA) is 83.8 Å². The molecular formula is C25H35FN6O3. The molecule has 1 aromatic heterocycles. The van der Waals surface area contributed by atoms with E-state index in [1.165, 1.54) is 19.2 Å². The van der Waals surface area contributed by atoms with E-state index < -0.39 is 5.97 Å². The summed E-state index contributed by atoms with van der Waals surface area (Å²) in [6, 6.07) is 6.24. The lowest BCUT2D eigenvalue weighted by Gasteiger charge is -2.38. The maximum Gasteiger partial charge on any atom is 0.360 e. The van der Waals surface area contributed by atoms with Crippen molar-refractivity contribution in [3.63, 3.8) is 0 Å². The highest BCUT2D eigenvalue weighted by Crippen LogP contribution is 2.30. The molecule has 190 valence electrons. The van der Waals surface area contributed by atoms with Crippen LogP contribution in [0.15, 0.2) is 30.5 Å². The molecular weight excluding hydrogens is 451 g/mol. The lowest BCUT2D eigenvalue weighted by Crippen LogP contribution is -2.54. The molecule has 1 amide bonds. The normalized spacial score (nSPS) is 21.1. The van der Waals surface area contributed by atoms with Crippen LogP contribution in [0.4, 0.5) is 10.1 Å². The first kappa shape index (κ1) is 25.1. The average molecular weight is 487 g/mol. The van der Waals surface area contributed by atoms with E-state index in [4.69, 9.17) is 4.74 Å². The summed E-state index contributed by atoms with van der Waals surface area (Å²) in [5.41, 5.74) is 1.15. The first-order valence-electron chi connectivity index (χ1n) is 12.5. The van der Waals surface area contributed by atoms with Crippen molar-refractivity contribution in [2.75, 3.05) is 51.3 Å². The van der Waals surface area contributed by atoms with Gasteiger partial charge in [-0.3, -0.25) is 9.69 Å². The number of amides is 1. The third-order valence-electron chi connectivity index (χ3n) is 7.38. The smallest absolute Gasteiger partial charge is 0.360 e. The van der Waals surface area contributed by atoms with Gasteiger partial charge in [0.25, 0.3) is 0 Å². The summed E-state index contributed by atoms with van der Waals surface area (Å²) in [4.78, 5) is 31.9. The standard InChI is InChI=1S/C25H35FN6O3/c1-4-18(5-2)15-31-16-21(32-17-22(27-28-32)25(34)35-3)14-23(31)24(33)30-12-10-29(11-13-30)20-8-6-19(26)7-9-20/h6-9,17-18,21,23H,4-5,10-16H2,1-3H3/t21-,23-/m0/s1. The van der Waals surface area contributed by atoms with Crippen LogP contribution in [0.2, 0.25) is 0 Å². The quantitative estimate of drug-likeness (QED) is 0.531. The maximum absolute atomic E-state index is 13.7. The molecule has 9 nitrogen and oxygen atoms in total. The molecule has 2 aliphatic rings. The van der Waals surface area contributed by atoms with Crippen LogP contribution in [0, 0.1) is 11.7 Å². The predicted molar refractivity (Wildman–Crippen MR) is 130 cm³/mol. The van der Waals surface area contributed by atoms with Crippen LogP contribution < -0.4 is 4.90 Å². The zero-order valence-electron chi connectivity index (χ0n) is 20.8. The van der Waals surface area contributed by atoms with E-state index in [-0.39, 0.29) is 29.5 Å². The third-order valence-corrected chi connectivity index (χ3v) is 7.38. The number of hydrogen-bond acceptors (Lipinski definition) is 7. The van der Waals surface area contributed by atoms with E-state index >= 15 is 0 Å². The van der Waals surface area contributed by atoms with Gasteiger partial charge in [-0.25, -0.2) is 13.9 Å². The summed E-state index contributed by atoms with van der Waals surface area (Å²) in [5, 5.41) is 8.11. The van der Waals surface area contributed by atoms with Crippen molar-refractivity contribution < 1.29 is 18.7 Å². The Labute approximate surface area is 205 Å². The molecule has 2 aromatic rings. The monoisotopic (exact) mass is 486 g/mol. The van der Waals surface area contributed by atoms with E-state index in [1.807, 2.05) is 4.90 Å². The zero-order valence-corrected chi connectivity index (χ0v) is 20.8. The minimum absolute atomic E-state index is 0.0373. The van der Waals surface area contributed by atoms with Crippen LogP contribution in [0.5, 0.6) is 0 Å². The fraction of sp³-hybridized carbons (Fsp3) is 0.600. The molecule has 3 heterocycles. The molecule has 2 atom stereocenters. The van der Waals surface area contributed by atoms with Crippen molar-refractivity contribution in [3.05, 3.63) is 42.0 Å². The molecule has 35 heavy (non-hydrogen) atoms. The van der Waals surface area contributed by atoms with Crippen molar-refractivity contribution >= 4 is 17.6 Å². The zero-order chi connectivity index (χ0) is 24.9. The summed E-state index contributed by atoms with van der Waals surface area (Å²) in [6.45, 7) is 8.61. The molecule has 2 fully saturated rings. The molecule has 0 saturated carbocycles. The fourth-order valence-corrected chi connectivity index (χ4v) is 5.11. The molecule has 0 unspecified atom stereocenters. The van der Waals surface area contributed by atoms with Crippen LogP contribution in [0.3, 0.4) is 0 Å². The van der Waals surface area contributed by atoms with Crippen molar-refractivity contribution in [2.24, 2.45) is 5.92 Å². The van der Waals surface area contributed by atoms with E-state index in [0.29, 0.717) is 45.1 Å². The molecule has 0 aliphatic carbocycles. The van der Waals surface area contributed by atoms with E-state index in [2.05, 4.69) is 34.0 Å². The number of ether oxygens (including phenoxy) is 1. The Morgan fingerprint density at radius 1 is 1.11 bits per heavy atom. The number of carbonyl (C=O) groups excluding carboxylic acids is 2. The summed E-state index contributed by atoms with van der Waals surface area (Å²) in [5.74, 6) is -0.108. The lowest BCUT2D eigenvalue weighted by atomic mass is 10.0. The number of halogens is 1. The molecule has 1 aromatic carbocycles. The van der Waals surface area contributed by atoms with Gasteiger partial charge in [-0.2, -0.15) is 0 Å². The van der Waals surface area contributed by atoms with Crippen molar-refractivity contribution in [1.29, 1.82) is 0 Å². The lowest BCUT2D eigenvalue weighted by molar-refractivity contribution is -0.136. The van der Waals surface area contributed by atoms with Gasteiger partial charge in [0.2, 0.25) is 5.91 Å². The first-order valence-corrected chi connectivity index (χ1v) is 12.5. The van der Waals surface area contributed by atoms with Crippen molar-refractivity contribution in [3.8, 4) is 0 Å². The second-order valence-electron chi connectivity index (χ2n) is 9.41. The number of anilines is 1. The van der Waals surface area contributed by atoms with Gasteiger partial charge in [-0.1, -0.05) is 31.9 Å². The Kier molecular flexibility index (Phi) is 8.00. The maximum atomic E-state index is 13.7. The first-order chi connectivity index (χ1) is 16.9. The van der Waals surface area contributed by atoms with Crippen LogP contribution in [-0.4, -0.2) is 89.1 Å². The third kappa shape index (κ3) is 5.63. The summed E-state index contributed by atoms with van der Waals surface area (Å²) in [6.07, 6.45) is 4.36. The van der Waals surface area contributed by atoms with Gasteiger partial charge in [0.05, 0.1) is 25.4 Å². The van der Waals surface area contributed by atoms with Crippen LogP contribution in [0.25, 0.3) is 0 Å². The van der Waals surface area contributed by atoms with Crippen LogP contribution >= 0.6 is 0 Å². The largest absolute Gasteiger partial charge is 0.464 e. The Bertz CT molecular complexity index is 1000. The van der Waals surface area contributed by atoms with Gasteiger partial charge in [0, 0.05) is 45.0 Å². The second-order valence-corrected chi connectivity index (χ2v) is 9.41. The van der Waals surface area contributed by atoms with Crippen LogP contribution in [0.1, 0.15) is 49.6 Å². The number of esters is 1. The number of methoxy groups -OCH3 is 1. The van der Waals surface area contributed by atoms with Gasteiger partial charge in [0.1, 0.15) is 5.82 Å². The number of rotatable bonds is 8. The Morgan fingerprint density at radius 3 is 2.43 bits per heavy atom. The Balaban J connectivity index is 1.44. The van der Waals surface area contributed by atoms with Crippen LogP contribution in [-0.2, 0) is 9.53 Å². The molecule has 0 N–H and O–H groups in total. The van der Waals surface area contributed by atoms with Gasteiger partial charge in [-0.05, 0) is 36.6 Å². The molecule has 4 rings (SSSR count). The minimum Gasteiger partial charge on any atom is -0.464 e. The van der Waals surface area contributed by atoms with Gasteiger partial charge in [0.15, 0.2) is 5.69 Å². The minimum atomic E-state index is -0.519. The van der Waals surface area contributed by atoms with Gasteiger partial charge in [-0.15, -0.1) is 5.10 Å². The van der Waals surface area contributed by atoms with Crippen molar-refractivity contribution in [1.82, 2.24) is 24.8 Å². The number of benzene rings is 1. The number of carbonyl (C=O) groups is 2. The number of likely N-dealkylation sites (tertiary alicyclic amines) is 1. The molecule has 10 heteroatoms. The highest BCUT2D eigenvalue weighted by molar-refractivity contribution is 5.86. The van der Waals surface area contributed by atoms with Gasteiger partial charge < -0.3 is 14.5 Å². The number of hydrogen-bond donors (Lipinski definition) is 0. The predicted octanol–water partition coefficient (Wildman–Crippen LogP) is 2.60. The van der Waals surface area contributed by atoms with Crippen molar-refractivity contribution in [2.45, 2.75) is 45.2 Å². The molecule has 0 spiro atoms. The fourth-order valence-electron chi connectivity index (χ4n) is 5.11. The SMILES string of the molecule is CCC(CC)CN1C[C@@H](n2cc(C(=O)OC)nn2)C[C@H]1C(=O)N1CCN(c2ccc(F)cc2)CC1. The average Bonchev–Trinajstić information content (AvgIpc) is 3.54. The second kappa shape index (κ2) is 11.2. The van der Waals surface area contributed by atoms with E-state index in [1.54, 1.807) is 23.0 Å². The highest BCUT2D eigenvalue weighted by Gasteiger charge is 2.41.